The lowest BCUT2D eigenvalue weighted by atomic mass is 10.0. The van der Waals surface area contributed by atoms with E-state index in [0.29, 0.717) is 18.7 Å². The molecule has 0 saturated heterocycles. The van der Waals surface area contributed by atoms with Crippen molar-refractivity contribution in [2.24, 2.45) is 0 Å². The quantitative estimate of drug-likeness (QED) is 0.391. The van der Waals surface area contributed by atoms with Gasteiger partial charge >= 0.3 is 0 Å². The summed E-state index contributed by atoms with van der Waals surface area (Å²) in [5.41, 5.74) is 5.41. The summed E-state index contributed by atoms with van der Waals surface area (Å²) in [5.74, 6) is 0.354. The Hall–Kier alpha value is -3.60. The summed E-state index contributed by atoms with van der Waals surface area (Å²) in [6.07, 6.45) is 4.69. The summed E-state index contributed by atoms with van der Waals surface area (Å²) in [6.45, 7) is 6.32. The zero-order valence-corrected chi connectivity index (χ0v) is 22.2. The molecule has 0 heterocycles. The number of nitrogens with zero attached hydrogens (tertiary/aromatic N) is 1. The lowest BCUT2D eigenvalue weighted by Gasteiger charge is -2.32. The molecule has 4 rings (SSSR count). The minimum absolute atomic E-state index is 0.0945. The van der Waals surface area contributed by atoms with Gasteiger partial charge in [-0.05, 0) is 68.0 Å². The van der Waals surface area contributed by atoms with Crippen molar-refractivity contribution in [3.63, 3.8) is 0 Å². The van der Waals surface area contributed by atoms with Crippen LogP contribution in [-0.2, 0) is 22.6 Å². The Labute approximate surface area is 220 Å². The van der Waals surface area contributed by atoms with Crippen molar-refractivity contribution in [3.8, 4) is 5.75 Å². The third kappa shape index (κ3) is 7.45. The van der Waals surface area contributed by atoms with Crippen LogP contribution in [0.1, 0.15) is 53.5 Å². The fourth-order valence-corrected chi connectivity index (χ4v) is 4.96. The van der Waals surface area contributed by atoms with E-state index in [0.717, 1.165) is 47.9 Å². The molecule has 0 spiro atoms. The van der Waals surface area contributed by atoms with Crippen LogP contribution in [-0.4, -0.2) is 35.4 Å². The summed E-state index contributed by atoms with van der Waals surface area (Å²) in [5, 5.41) is 3.25. The molecule has 1 aliphatic rings. The first kappa shape index (κ1) is 26.5. The van der Waals surface area contributed by atoms with Crippen molar-refractivity contribution in [1.82, 2.24) is 10.2 Å². The van der Waals surface area contributed by atoms with Gasteiger partial charge in [0, 0.05) is 19.0 Å². The van der Waals surface area contributed by atoms with Crippen molar-refractivity contribution in [3.05, 3.63) is 101 Å². The number of hydrogen-bond acceptors (Lipinski definition) is 3. The number of carbonyl (C=O) groups is 2. The molecule has 1 atom stereocenters. The fraction of sp³-hybridized carbons (Fsp3) is 0.375. The summed E-state index contributed by atoms with van der Waals surface area (Å²) in [6, 6.07) is 23.4. The second-order valence-electron chi connectivity index (χ2n) is 10.2. The van der Waals surface area contributed by atoms with Crippen LogP contribution in [0, 0.1) is 20.8 Å². The van der Waals surface area contributed by atoms with Gasteiger partial charge in [0.1, 0.15) is 11.8 Å². The minimum atomic E-state index is -0.639. The van der Waals surface area contributed by atoms with Gasteiger partial charge in [-0.15, -0.1) is 0 Å². The van der Waals surface area contributed by atoms with Gasteiger partial charge in [0.25, 0.3) is 5.91 Å². The SMILES string of the molecule is Cc1cccc(CN(C(=O)COc2ccc(C)c(C)c2)[C@H](Cc2ccccc2)C(=O)NC2CCCC2)c1. The molecule has 5 heteroatoms. The molecule has 0 unspecified atom stereocenters. The van der Waals surface area contributed by atoms with E-state index in [9.17, 15) is 9.59 Å². The molecule has 0 aliphatic heterocycles. The summed E-state index contributed by atoms with van der Waals surface area (Å²) < 4.78 is 5.94. The first-order valence-corrected chi connectivity index (χ1v) is 13.3. The number of carbonyl (C=O) groups excluding carboxylic acids is 2. The standard InChI is InChI=1S/C32H38N2O3/c1-23-10-9-13-27(18-23)21-34(31(35)22-37-29-17-16-24(2)25(3)19-29)30(20-26-11-5-4-6-12-26)32(36)33-28-14-7-8-15-28/h4-6,9-13,16-19,28,30H,7-8,14-15,20-22H2,1-3H3,(H,33,36)/t30-/m1/s1. The molecule has 1 aliphatic carbocycles. The third-order valence-electron chi connectivity index (χ3n) is 7.25. The molecule has 37 heavy (non-hydrogen) atoms. The van der Waals surface area contributed by atoms with Crippen LogP contribution in [0.15, 0.2) is 72.8 Å². The van der Waals surface area contributed by atoms with Gasteiger partial charge in [-0.25, -0.2) is 0 Å². The normalized spacial score (nSPS) is 14.2. The highest BCUT2D eigenvalue weighted by atomic mass is 16.5. The Morgan fingerprint density at radius 3 is 2.32 bits per heavy atom. The lowest BCUT2D eigenvalue weighted by molar-refractivity contribution is -0.143. The molecule has 2 amide bonds. The molecular weight excluding hydrogens is 460 g/mol. The number of ether oxygens (including phenoxy) is 1. The second-order valence-corrected chi connectivity index (χ2v) is 10.2. The Balaban J connectivity index is 1.61. The van der Waals surface area contributed by atoms with Crippen molar-refractivity contribution >= 4 is 11.8 Å². The van der Waals surface area contributed by atoms with Gasteiger partial charge in [0.2, 0.25) is 5.91 Å². The van der Waals surface area contributed by atoms with Crippen LogP contribution in [0.5, 0.6) is 5.75 Å². The Morgan fingerprint density at radius 2 is 1.62 bits per heavy atom. The molecule has 3 aromatic carbocycles. The summed E-state index contributed by atoms with van der Waals surface area (Å²) >= 11 is 0. The highest BCUT2D eigenvalue weighted by molar-refractivity contribution is 5.88. The molecule has 5 nitrogen and oxygen atoms in total. The monoisotopic (exact) mass is 498 g/mol. The average molecular weight is 499 g/mol. The molecule has 1 N–H and O–H groups in total. The van der Waals surface area contributed by atoms with E-state index in [-0.39, 0.29) is 24.5 Å². The van der Waals surface area contributed by atoms with Crippen LogP contribution >= 0.6 is 0 Å². The average Bonchev–Trinajstić information content (AvgIpc) is 3.40. The summed E-state index contributed by atoms with van der Waals surface area (Å²) in [7, 11) is 0. The van der Waals surface area contributed by atoms with Crippen LogP contribution in [0.3, 0.4) is 0 Å². The van der Waals surface area contributed by atoms with Gasteiger partial charge in [-0.1, -0.05) is 79.1 Å². The van der Waals surface area contributed by atoms with E-state index in [1.165, 1.54) is 5.56 Å². The van der Waals surface area contributed by atoms with Crippen LogP contribution in [0.4, 0.5) is 0 Å². The number of hydrogen-bond donors (Lipinski definition) is 1. The lowest BCUT2D eigenvalue weighted by Crippen LogP contribution is -2.53. The molecule has 3 aromatic rings. The topological polar surface area (TPSA) is 58.6 Å². The predicted octanol–water partition coefficient (Wildman–Crippen LogP) is 5.69. The van der Waals surface area contributed by atoms with Crippen LogP contribution < -0.4 is 10.1 Å². The number of benzene rings is 3. The van der Waals surface area contributed by atoms with Crippen LogP contribution in [0.25, 0.3) is 0 Å². The number of rotatable bonds is 10. The smallest absolute Gasteiger partial charge is 0.261 e. The zero-order valence-electron chi connectivity index (χ0n) is 22.2. The Kier molecular flexibility index (Phi) is 8.99. The van der Waals surface area contributed by atoms with Crippen molar-refractivity contribution < 1.29 is 14.3 Å². The zero-order chi connectivity index (χ0) is 26.2. The van der Waals surface area contributed by atoms with E-state index < -0.39 is 6.04 Å². The van der Waals surface area contributed by atoms with Gasteiger partial charge in [-0.3, -0.25) is 9.59 Å². The van der Waals surface area contributed by atoms with Crippen molar-refractivity contribution in [1.29, 1.82) is 0 Å². The van der Waals surface area contributed by atoms with E-state index in [2.05, 4.69) is 11.4 Å². The Morgan fingerprint density at radius 1 is 0.892 bits per heavy atom. The molecule has 1 fully saturated rings. The maximum atomic E-state index is 13.8. The molecular formula is C32H38N2O3. The molecule has 1 saturated carbocycles. The second kappa shape index (κ2) is 12.6. The molecule has 0 aromatic heterocycles. The Bertz CT molecular complexity index is 1200. The van der Waals surface area contributed by atoms with E-state index in [4.69, 9.17) is 4.74 Å². The van der Waals surface area contributed by atoms with Crippen molar-refractivity contribution in [2.75, 3.05) is 6.61 Å². The molecule has 0 bridgehead atoms. The van der Waals surface area contributed by atoms with Gasteiger partial charge in [0.15, 0.2) is 6.61 Å². The first-order valence-electron chi connectivity index (χ1n) is 13.3. The van der Waals surface area contributed by atoms with Gasteiger partial charge < -0.3 is 15.0 Å². The number of amides is 2. The maximum absolute atomic E-state index is 13.8. The largest absolute Gasteiger partial charge is 0.484 e. The third-order valence-corrected chi connectivity index (χ3v) is 7.25. The fourth-order valence-electron chi connectivity index (χ4n) is 4.96. The number of aryl methyl sites for hydroxylation is 3. The van der Waals surface area contributed by atoms with Gasteiger partial charge in [0.05, 0.1) is 0 Å². The number of nitrogens with one attached hydrogen (secondary N) is 1. The predicted molar refractivity (Wildman–Crippen MR) is 147 cm³/mol. The molecule has 194 valence electrons. The highest BCUT2D eigenvalue weighted by Gasteiger charge is 2.32. The van der Waals surface area contributed by atoms with E-state index >= 15 is 0 Å². The van der Waals surface area contributed by atoms with Crippen LogP contribution in [0.2, 0.25) is 0 Å². The van der Waals surface area contributed by atoms with Crippen molar-refractivity contribution in [2.45, 2.75) is 71.5 Å². The maximum Gasteiger partial charge on any atom is 0.261 e. The summed E-state index contributed by atoms with van der Waals surface area (Å²) in [4.78, 5) is 29.2. The van der Waals surface area contributed by atoms with Gasteiger partial charge in [-0.2, -0.15) is 0 Å². The minimum Gasteiger partial charge on any atom is -0.484 e. The highest BCUT2D eigenvalue weighted by Crippen LogP contribution is 2.21. The molecule has 0 radical (unpaired) electrons. The van der Waals surface area contributed by atoms with E-state index in [1.807, 2.05) is 87.5 Å². The first-order chi connectivity index (χ1) is 17.9. The van der Waals surface area contributed by atoms with E-state index in [1.54, 1.807) is 4.90 Å².